The van der Waals surface area contributed by atoms with Gasteiger partial charge in [-0.25, -0.2) is 4.57 Å². The molecule has 0 aliphatic rings. The summed E-state index contributed by atoms with van der Waals surface area (Å²) in [7, 11) is -4.52. The number of rotatable bonds is 12. The fourth-order valence-corrected chi connectivity index (χ4v) is 3.24. The van der Waals surface area contributed by atoms with Gasteiger partial charge in [-0.15, -0.1) is 0 Å². The molecule has 5 heteroatoms. The molecule has 1 aromatic carbocycles. The predicted molar refractivity (Wildman–Crippen MR) is 94.8 cm³/mol. The first-order valence-corrected chi connectivity index (χ1v) is 10.4. The van der Waals surface area contributed by atoms with Crippen molar-refractivity contribution < 1.29 is 18.9 Å². The van der Waals surface area contributed by atoms with E-state index in [-0.39, 0.29) is 0 Å². The lowest BCUT2D eigenvalue weighted by Crippen LogP contribution is -2.01. The van der Waals surface area contributed by atoms with Gasteiger partial charge in [-0.3, -0.25) is 9.79 Å². The van der Waals surface area contributed by atoms with Gasteiger partial charge in [0.2, 0.25) is 0 Å². The standard InChI is InChI=1S/C18H31O4P/c1-3-5-7-9-12-16-13-11-15-18(22-23(19,20)21)17(16)14-10-8-6-4-2/h11,13,15H,3-10,12,14H2,1-2H3,(H2,19,20,21). The van der Waals surface area contributed by atoms with Crippen LogP contribution in [0.3, 0.4) is 0 Å². The molecule has 0 heterocycles. The van der Waals surface area contributed by atoms with Gasteiger partial charge in [0.1, 0.15) is 5.75 Å². The van der Waals surface area contributed by atoms with E-state index in [1.54, 1.807) is 6.07 Å². The van der Waals surface area contributed by atoms with Crippen molar-refractivity contribution in [3.8, 4) is 5.75 Å². The minimum atomic E-state index is -4.52. The Kier molecular flexibility index (Phi) is 9.54. The van der Waals surface area contributed by atoms with E-state index in [0.717, 1.165) is 37.7 Å². The Morgan fingerprint density at radius 2 is 1.52 bits per heavy atom. The van der Waals surface area contributed by atoms with Gasteiger partial charge in [0.05, 0.1) is 0 Å². The quantitative estimate of drug-likeness (QED) is 0.394. The van der Waals surface area contributed by atoms with Gasteiger partial charge in [0.15, 0.2) is 0 Å². The first-order chi connectivity index (χ1) is 11.0. The van der Waals surface area contributed by atoms with E-state index in [0.29, 0.717) is 5.75 Å². The van der Waals surface area contributed by atoms with Crippen LogP contribution in [0.1, 0.15) is 76.3 Å². The number of phosphoric acid groups is 1. The first-order valence-electron chi connectivity index (χ1n) is 8.83. The molecule has 0 spiro atoms. The first kappa shape index (κ1) is 20.2. The number of aryl methyl sites for hydroxylation is 1. The second-order valence-corrected chi connectivity index (χ2v) is 7.26. The smallest absolute Gasteiger partial charge is 0.404 e. The van der Waals surface area contributed by atoms with Crippen LogP contribution in [0.2, 0.25) is 0 Å². The van der Waals surface area contributed by atoms with Gasteiger partial charge in [0, 0.05) is 0 Å². The summed E-state index contributed by atoms with van der Waals surface area (Å²) in [6.07, 6.45) is 11.0. The summed E-state index contributed by atoms with van der Waals surface area (Å²) in [6, 6.07) is 5.56. The molecule has 0 aliphatic heterocycles. The minimum Gasteiger partial charge on any atom is -0.404 e. The zero-order valence-electron chi connectivity index (χ0n) is 14.5. The molecule has 0 radical (unpaired) electrons. The second-order valence-electron chi connectivity index (χ2n) is 6.10. The third kappa shape index (κ3) is 8.55. The lowest BCUT2D eigenvalue weighted by Gasteiger charge is -2.16. The average Bonchev–Trinajstić information content (AvgIpc) is 2.48. The lowest BCUT2D eigenvalue weighted by atomic mass is 9.96. The average molecular weight is 342 g/mol. The maximum Gasteiger partial charge on any atom is 0.524 e. The van der Waals surface area contributed by atoms with Crippen LogP contribution >= 0.6 is 7.82 Å². The Bertz CT molecular complexity index is 496. The van der Waals surface area contributed by atoms with Crippen LogP contribution in [-0.4, -0.2) is 9.79 Å². The van der Waals surface area contributed by atoms with Crippen LogP contribution in [0.5, 0.6) is 5.75 Å². The van der Waals surface area contributed by atoms with Crippen LogP contribution in [0, 0.1) is 0 Å². The van der Waals surface area contributed by atoms with Crippen LogP contribution in [0.4, 0.5) is 0 Å². The van der Waals surface area contributed by atoms with Crippen LogP contribution in [0.25, 0.3) is 0 Å². The zero-order chi connectivity index (χ0) is 17.1. The Labute approximate surface area is 140 Å². The molecule has 0 aromatic heterocycles. The summed E-state index contributed by atoms with van der Waals surface area (Å²) >= 11 is 0. The summed E-state index contributed by atoms with van der Waals surface area (Å²) in [5.41, 5.74) is 2.15. The molecule has 132 valence electrons. The molecule has 1 aromatic rings. The summed E-state index contributed by atoms with van der Waals surface area (Å²) in [5.74, 6) is 0.350. The van der Waals surface area contributed by atoms with Crippen LogP contribution in [-0.2, 0) is 17.4 Å². The van der Waals surface area contributed by atoms with Crippen molar-refractivity contribution in [2.45, 2.75) is 78.1 Å². The van der Waals surface area contributed by atoms with Crippen molar-refractivity contribution in [3.63, 3.8) is 0 Å². The van der Waals surface area contributed by atoms with Crippen molar-refractivity contribution in [2.24, 2.45) is 0 Å². The van der Waals surface area contributed by atoms with E-state index in [9.17, 15) is 4.57 Å². The highest BCUT2D eigenvalue weighted by molar-refractivity contribution is 7.46. The van der Waals surface area contributed by atoms with Gasteiger partial charge < -0.3 is 4.52 Å². The molecule has 0 saturated heterocycles. The van der Waals surface area contributed by atoms with Gasteiger partial charge in [-0.2, -0.15) is 0 Å². The molecule has 0 aliphatic carbocycles. The maximum absolute atomic E-state index is 11.2. The van der Waals surface area contributed by atoms with Gasteiger partial charge in [-0.1, -0.05) is 64.5 Å². The fraction of sp³-hybridized carbons (Fsp3) is 0.667. The lowest BCUT2D eigenvalue weighted by molar-refractivity contribution is 0.282. The third-order valence-electron chi connectivity index (χ3n) is 4.03. The van der Waals surface area contributed by atoms with E-state index in [4.69, 9.17) is 14.3 Å². The van der Waals surface area contributed by atoms with Gasteiger partial charge in [0.25, 0.3) is 0 Å². The summed E-state index contributed by atoms with van der Waals surface area (Å²) < 4.78 is 16.1. The zero-order valence-corrected chi connectivity index (χ0v) is 15.4. The van der Waals surface area contributed by atoms with Crippen molar-refractivity contribution >= 4 is 7.82 Å². The van der Waals surface area contributed by atoms with E-state index >= 15 is 0 Å². The predicted octanol–water partition coefficient (Wildman–Crippen LogP) is 5.40. The minimum absolute atomic E-state index is 0.350. The van der Waals surface area contributed by atoms with Crippen LogP contribution < -0.4 is 4.52 Å². The van der Waals surface area contributed by atoms with E-state index in [2.05, 4.69) is 19.9 Å². The molecular formula is C18H31O4P. The number of unbranched alkanes of at least 4 members (excludes halogenated alkanes) is 6. The molecular weight excluding hydrogens is 311 g/mol. The third-order valence-corrected chi connectivity index (χ3v) is 4.46. The van der Waals surface area contributed by atoms with Crippen molar-refractivity contribution in [1.82, 2.24) is 0 Å². The van der Waals surface area contributed by atoms with Crippen molar-refractivity contribution in [1.29, 1.82) is 0 Å². The highest BCUT2D eigenvalue weighted by atomic mass is 31.2. The summed E-state index contributed by atoms with van der Waals surface area (Å²) in [6.45, 7) is 4.36. The van der Waals surface area contributed by atoms with Crippen molar-refractivity contribution in [3.05, 3.63) is 29.3 Å². The number of hydrogen-bond acceptors (Lipinski definition) is 2. The van der Waals surface area contributed by atoms with Crippen LogP contribution in [0.15, 0.2) is 18.2 Å². The Morgan fingerprint density at radius 1 is 0.913 bits per heavy atom. The fourth-order valence-electron chi connectivity index (χ4n) is 2.81. The molecule has 0 amide bonds. The van der Waals surface area contributed by atoms with Crippen molar-refractivity contribution in [2.75, 3.05) is 0 Å². The maximum atomic E-state index is 11.2. The molecule has 0 atom stereocenters. The van der Waals surface area contributed by atoms with Gasteiger partial charge >= 0.3 is 7.82 Å². The Balaban J connectivity index is 2.83. The highest BCUT2D eigenvalue weighted by Gasteiger charge is 2.19. The SMILES string of the molecule is CCCCCCc1cccc(OP(=O)(O)O)c1CCCCCC. The molecule has 2 N–H and O–H groups in total. The van der Waals surface area contributed by atoms with E-state index in [1.165, 1.54) is 37.7 Å². The largest absolute Gasteiger partial charge is 0.524 e. The summed E-state index contributed by atoms with van der Waals surface area (Å²) in [5, 5.41) is 0. The van der Waals surface area contributed by atoms with E-state index < -0.39 is 7.82 Å². The second kappa shape index (κ2) is 10.9. The molecule has 0 saturated carbocycles. The number of benzene rings is 1. The molecule has 4 nitrogen and oxygen atoms in total. The molecule has 1 rings (SSSR count). The highest BCUT2D eigenvalue weighted by Crippen LogP contribution is 2.40. The van der Waals surface area contributed by atoms with Gasteiger partial charge in [-0.05, 0) is 42.9 Å². The Hall–Kier alpha value is -0.830. The monoisotopic (exact) mass is 342 g/mol. The normalized spacial score (nSPS) is 11.7. The molecule has 0 bridgehead atoms. The Morgan fingerprint density at radius 3 is 2.09 bits per heavy atom. The molecule has 0 fully saturated rings. The summed E-state index contributed by atoms with van der Waals surface area (Å²) in [4.78, 5) is 18.3. The number of hydrogen-bond donors (Lipinski definition) is 2. The molecule has 0 unspecified atom stereocenters. The topological polar surface area (TPSA) is 66.8 Å². The molecule has 23 heavy (non-hydrogen) atoms. The number of phosphoric ester groups is 1. The van der Waals surface area contributed by atoms with E-state index in [1.807, 2.05) is 6.07 Å².